The van der Waals surface area contributed by atoms with Gasteiger partial charge in [-0.25, -0.2) is 0 Å². The highest BCUT2D eigenvalue weighted by Crippen LogP contribution is 2.23. The molecule has 0 bridgehead atoms. The highest BCUT2D eigenvalue weighted by molar-refractivity contribution is 5.75. The van der Waals surface area contributed by atoms with Crippen LogP contribution in [0.4, 0.5) is 0 Å². The van der Waals surface area contributed by atoms with Crippen LogP contribution in [0, 0.1) is 11.3 Å². The quantitative estimate of drug-likeness (QED) is 0.847. The molecule has 1 amide bonds. The first-order valence-corrected chi connectivity index (χ1v) is 7.25. The Hall–Kier alpha value is -2.06. The molecule has 0 spiro atoms. The van der Waals surface area contributed by atoms with Crippen LogP contribution in [0.3, 0.4) is 0 Å². The maximum Gasteiger partial charge on any atom is 0.222 e. The van der Waals surface area contributed by atoms with Gasteiger partial charge in [-0.1, -0.05) is 19.1 Å². The largest absolute Gasteiger partial charge is 0.497 e. The minimum atomic E-state index is -0.269. The van der Waals surface area contributed by atoms with E-state index in [0.29, 0.717) is 19.5 Å². The third-order valence-corrected chi connectivity index (χ3v) is 3.89. The lowest BCUT2D eigenvalue weighted by atomic mass is 10.1. The van der Waals surface area contributed by atoms with Crippen molar-refractivity contribution in [3.63, 3.8) is 0 Å². The molecule has 1 atom stereocenters. The molecule has 1 unspecified atom stereocenters. The molecular formula is C16H21N3O2. The monoisotopic (exact) mass is 287 g/mol. The third-order valence-electron chi connectivity index (χ3n) is 3.89. The molecule has 0 saturated carbocycles. The summed E-state index contributed by atoms with van der Waals surface area (Å²) in [5.74, 6) is 0.974. The molecule has 1 fully saturated rings. The van der Waals surface area contributed by atoms with E-state index < -0.39 is 0 Å². The molecule has 21 heavy (non-hydrogen) atoms. The minimum Gasteiger partial charge on any atom is -0.497 e. The first-order valence-electron chi connectivity index (χ1n) is 7.25. The maximum atomic E-state index is 11.7. The van der Waals surface area contributed by atoms with Crippen LogP contribution in [0.15, 0.2) is 24.3 Å². The average molecular weight is 287 g/mol. The van der Waals surface area contributed by atoms with Crippen LogP contribution < -0.4 is 4.74 Å². The van der Waals surface area contributed by atoms with Gasteiger partial charge in [-0.2, -0.15) is 5.26 Å². The number of carbonyl (C=O) groups is 1. The molecule has 2 rings (SSSR count). The minimum absolute atomic E-state index is 0.188. The lowest BCUT2D eigenvalue weighted by Gasteiger charge is -2.37. The third kappa shape index (κ3) is 3.53. The smallest absolute Gasteiger partial charge is 0.222 e. The number of hydrogen-bond acceptors (Lipinski definition) is 4. The van der Waals surface area contributed by atoms with Crippen LogP contribution in [-0.4, -0.2) is 49.0 Å². The fourth-order valence-electron chi connectivity index (χ4n) is 2.61. The Morgan fingerprint density at radius 3 is 2.38 bits per heavy atom. The molecule has 1 saturated heterocycles. The van der Waals surface area contributed by atoms with Gasteiger partial charge in [-0.15, -0.1) is 0 Å². The molecule has 5 nitrogen and oxygen atoms in total. The topological polar surface area (TPSA) is 56.6 Å². The van der Waals surface area contributed by atoms with Crippen LogP contribution in [-0.2, 0) is 4.79 Å². The van der Waals surface area contributed by atoms with Gasteiger partial charge in [-0.3, -0.25) is 9.69 Å². The molecule has 1 aliphatic rings. The second-order valence-electron chi connectivity index (χ2n) is 5.08. The number of methoxy groups -OCH3 is 1. The zero-order chi connectivity index (χ0) is 15.2. The van der Waals surface area contributed by atoms with E-state index in [1.54, 1.807) is 7.11 Å². The van der Waals surface area contributed by atoms with Gasteiger partial charge in [-0.05, 0) is 17.7 Å². The summed E-state index contributed by atoms with van der Waals surface area (Å²) >= 11 is 0. The van der Waals surface area contributed by atoms with Crippen LogP contribution in [0.5, 0.6) is 5.75 Å². The fourth-order valence-corrected chi connectivity index (χ4v) is 2.61. The van der Waals surface area contributed by atoms with E-state index in [-0.39, 0.29) is 11.9 Å². The molecule has 0 aromatic heterocycles. The fraction of sp³-hybridized carbons (Fsp3) is 0.500. The van der Waals surface area contributed by atoms with Gasteiger partial charge in [0.2, 0.25) is 5.91 Å². The van der Waals surface area contributed by atoms with Gasteiger partial charge in [0.05, 0.1) is 13.2 Å². The number of nitrogens with zero attached hydrogens (tertiary/aromatic N) is 3. The number of hydrogen-bond donors (Lipinski definition) is 0. The van der Waals surface area contributed by atoms with E-state index in [2.05, 4.69) is 11.0 Å². The Labute approximate surface area is 125 Å². The summed E-state index contributed by atoms with van der Waals surface area (Å²) < 4.78 is 5.14. The summed E-state index contributed by atoms with van der Waals surface area (Å²) in [6, 6.07) is 9.69. The standard InChI is InChI=1S/C16H21N3O2/c1-3-16(20)19-10-8-18(9-11-19)15(12-17)13-4-6-14(21-2)7-5-13/h4-7,15H,3,8-11H2,1-2H3. The van der Waals surface area contributed by atoms with Gasteiger partial charge in [0, 0.05) is 32.6 Å². The van der Waals surface area contributed by atoms with Crippen molar-refractivity contribution >= 4 is 5.91 Å². The Kier molecular flexibility index (Phi) is 5.18. The lowest BCUT2D eigenvalue weighted by molar-refractivity contribution is -0.132. The van der Waals surface area contributed by atoms with Crippen molar-refractivity contribution in [2.24, 2.45) is 0 Å². The van der Waals surface area contributed by atoms with Crippen molar-refractivity contribution in [3.05, 3.63) is 29.8 Å². The van der Waals surface area contributed by atoms with Gasteiger partial charge >= 0.3 is 0 Å². The highest BCUT2D eigenvalue weighted by atomic mass is 16.5. The summed E-state index contributed by atoms with van der Waals surface area (Å²) in [6.45, 7) is 4.73. The van der Waals surface area contributed by atoms with Gasteiger partial charge in [0.15, 0.2) is 0 Å². The Balaban J connectivity index is 2.02. The SMILES string of the molecule is CCC(=O)N1CCN(C(C#N)c2ccc(OC)cc2)CC1. The number of carbonyl (C=O) groups excluding carboxylic acids is 1. The number of piperazine rings is 1. The summed E-state index contributed by atoms with van der Waals surface area (Å²) in [5.41, 5.74) is 0.966. The van der Waals surface area contributed by atoms with Crippen molar-refractivity contribution in [1.82, 2.24) is 9.80 Å². The number of nitriles is 1. The van der Waals surface area contributed by atoms with E-state index in [4.69, 9.17) is 4.74 Å². The molecule has 1 aliphatic heterocycles. The first kappa shape index (κ1) is 15.3. The summed E-state index contributed by atoms with van der Waals surface area (Å²) in [5, 5.41) is 9.48. The van der Waals surface area contributed by atoms with Crippen LogP contribution in [0.1, 0.15) is 24.9 Å². The molecule has 1 aromatic rings. The first-order chi connectivity index (χ1) is 10.2. The predicted molar refractivity (Wildman–Crippen MR) is 79.8 cm³/mol. The zero-order valence-electron chi connectivity index (χ0n) is 12.6. The normalized spacial score (nSPS) is 17.1. The van der Waals surface area contributed by atoms with E-state index >= 15 is 0 Å². The molecule has 112 valence electrons. The molecule has 0 N–H and O–H groups in total. The molecule has 1 heterocycles. The van der Waals surface area contributed by atoms with Gasteiger partial charge < -0.3 is 9.64 Å². The lowest BCUT2D eigenvalue weighted by Crippen LogP contribution is -2.49. The van der Waals surface area contributed by atoms with Crippen LogP contribution in [0.25, 0.3) is 0 Å². The highest BCUT2D eigenvalue weighted by Gasteiger charge is 2.26. The Bertz CT molecular complexity index is 513. The van der Waals surface area contributed by atoms with Gasteiger partial charge in [0.1, 0.15) is 11.8 Å². The van der Waals surface area contributed by atoms with E-state index in [9.17, 15) is 10.1 Å². The predicted octanol–water partition coefficient (Wildman–Crippen LogP) is 1.81. The van der Waals surface area contributed by atoms with Crippen molar-refractivity contribution in [2.45, 2.75) is 19.4 Å². The number of amides is 1. The van der Waals surface area contributed by atoms with Crippen molar-refractivity contribution < 1.29 is 9.53 Å². The van der Waals surface area contributed by atoms with Crippen molar-refractivity contribution in [2.75, 3.05) is 33.3 Å². The molecule has 5 heteroatoms. The average Bonchev–Trinajstić information content (AvgIpc) is 2.56. The number of rotatable bonds is 4. The second-order valence-corrected chi connectivity index (χ2v) is 5.08. The summed E-state index contributed by atoms with van der Waals surface area (Å²) in [7, 11) is 1.63. The summed E-state index contributed by atoms with van der Waals surface area (Å²) in [6.07, 6.45) is 0.542. The van der Waals surface area contributed by atoms with E-state index in [1.165, 1.54) is 0 Å². The Morgan fingerprint density at radius 1 is 1.29 bits per heavy atom. The molecule has 1 aromatic carbocycles. The molecule has 0 radical (unpaired) electrons. The van der Waals surface area contributed by atoms with Crippen LogP contribution >= 0.6 is 0 Å². The van der Waals surface area contributed by atoms with E-state index in [1.807, 2.05) is 36.1 Å². The van der Waals surface area contributed by atoms with Crippen molar-refractivity contribution in [3.8, 4) is 11.8 Å². The van der Waals surface area contributed by atoms with Crippen LogP contribution in [0.2, 0.25) is 0 Å². The Morgan fingerprint density at radius 2 is 1.90 bits per heavy atom. The number of ether oxygens (including phenoxy) is 1. The maximum absolute atomic E-state index is 11.7. The summed E-state index contributed by atoms with van der Waals surface area (Å²) in [4.78, 5) is 15.7. The molecule has 0 aliphatic carbocycles. The molecular weight excluding hydrogens is 266 g/mol. The second kappa shape index (κ2) is 7.09. The zero-order valence-corrected chi connectivity index (χ0v) is 12.6. The van der Waals surface area contributed by atoms with E-state index in [0.717, 1.165) is 24.4 Å². The van der Waals surface area contributed by atoms with Crippen molar-refractivity contribution in [1.29, 1.82) is 5.26 Å². The number of benzene rings is 1. The van der Waals surface area contributed by atoms with Gasteiger partial charge in [0.25, 0.3) is 0 Å².